The van der Waals surface area contributed by atoms with Crippen molar-refractivity contribution in [3.05, 3.63) is 30.9 Å². The maximum atomic E-state index is 11.8. The van der Waals surface area contributed by atoms with E-state index in [0.717, 1.165) is 6.54 Å². The van der Waals surface area contributed by atoms with Gasteiger partial charge in [-0.15, -0.1) is 0 Å². The molecule has 7 nitrogen and oxygen atoms in total. The average Bonchev–Trinajstić information content (AvgIpc) is 3.00. The number of anilines is 1. The molecule has 0 bridgehead atoms. The summed E-state index contributed by atoms with van der Waals surface area (Å²) in [5.41, 5.74) is 0.686. The molecule has 2 rings (SSSR count). The van der Waals surface area contributed by atoms with Crippen molar-refractivity contribution in [3.8, 4) is 0 Å². The Morgan fingerprint density at radius 2 is 2.26 bits per heavy atom. The van der Waals surface area contributed by atoms with E-state index in [9.17, 15) is 4.79 Å². The van der Waals surface area contributed by atoms with Gasteiger partial charge in [0, 0.05) is 31.2 Å². The monoisotopic (exact) mass is 262 g/mol. The SMILES string of the molecule is CCn1cc(NC(=O)NC(C)Cn2cccn2)cn1. The van der Waals surface area contributed by atoms with Gasteiger partial charge in [-0.3, -0.25) is 9.36 Å². The van der Waals surface area contributed by atoms with Gasteiger partial charge in [-0.25, -0.2) is 4.79 Å². The molecule has 1 atom stereocenters. The van der Waals surface area contributed by atoms with Crippen LogP contribution in [0.4, 0.5) is 10.5 Å². The molecule has 0 fully saturated rings. The highest BCUT2D eigenvalue weighted by atomic mass is 16.2. The van der Waals surface area contributed by atoms with Gasteiger partial charge in [-0.2, -0.15) is 10.2 Å². The van der Waals surface area contributed by atoms with E-state index in [0.29, 0.717) is 12.2 Å². The first-order valence-electron chi connectivity index (χ1n) is 6.24. The van der Waals surface area contributed by atoms with Crippen molar-refractivity contribution in [3.63, 3.8) is 0 Å². The molecule has 7 heteroatoms. The van der Waals surface area contributed by atoms with Gasteiger partial charge in [0.25, 0.3) is 0 Å². The van der Waals surface area contributed by atoms with Crippen molar-refractivity contribution in [1.82, 2.24) is 24.9 Å². The predicted octanol–water partition coefficient (Wildman–Crippen LogP) is 1.31. The summed E-state index contributed by atoms with van der Waals surface area (Å²) in [6.45, 7) is 5.33. The highest BCUT2D eigenvalue weighted by molar-refractivity contribution is 5.89. The Hall–Kier alpha value is -2.31. The summed E-state index contributed by atoms with van der Waals surface area (Å²) < 4.78 is 3.53. The lowest BCUT2D eigenvalue weighted by atomic mass is 10.3. The zero-order valence-corrected chi connectivity index (χ0v) is 11.1. The Morgan fingerprint density at radius 1 is 1.42 bits per heavy atom. The number of carbonyl (C=O) groups excluding carboxylic acids is 1. The third kappa shape index (κ3) is 3.84. The van der Waals surface area contributed by atoms with Gasteiger partial charge in [-0.05, 0) is 19.9 Å². The fourth-order valence-electron chi connectivity index (χ4n) is 1.73. The summed E-state index contributed by atoms with van der Waals surface area (Å²) in [5, 5.41) is 13.8. The summed E-state index contributed by atoms with van der Waals surface area (Å²) in [6, 6.07) is 1.60. The minimum Gasteiger partial charge on any atom is -0.334 e. The molecule has 0 saturated carbocycles. The van der Waals surface area contributed by atoms with Gasteiger partial charge in [-0.1, -0.05) is 0 Å². The van der Waals surface area contributed by atoms with Gasteiger partial charge in [0.05, 0.1) is 18.4 Å². The van der Waals surface area contributed by atoms with Crippen molar-refractivity contribution < 1.29 is 4.79 Å². The van der Waals surface area contributed by atoms with Crippen LogP contribution in [-0.2, 0) is 13.1 Å². The average molecular weight is 262 g/mol. The molecule has 2 aromatic rings. The summed E-state index contributed by atoms with van der Waals surface area (Å²) in [5.74, 6) is 0. The lowest BCUT2D eigenvalue weighted by Gasteiger charge is -2.14. The maximum absolute atomic E-state index is 11.8. The van der Waals surface area contributed by atoms with Gasteiger partial charge in [0.1, 0.15) is 0 Å². The molecule has 0 aliphatic heterocycles. The zero-order valence-electron chi connectivity index (χ0n) is 11.1. The number of rotatable bonds is 5. The fraction of sp³-hybridized carbons (Fsp3) is 0.417. The van der Waals surface area contributed by atoms with E-state index in [-0.39, 0.29) is 12.1 Å². The van der Waals surface area contributed by atoms with Crippen molar-refractivity contribution >= 4 is 11.7 Å². The first-order valence-corrected chi connectivity index (χ1v) is 6.24. The number of aromatic nitrogens is 4. The Balaban J connectivity index is 1.80. The van der Waals surface area contributed by atoms with Crippen LogP contribution in [0.1, 0.15) is 13.8 Å². The van der Waals surface area contributed by atoms with Crippen molar-refractivity contribution in [2.24, 2.45) is 0 Å². The third-order valence-corrected chi connectivity index (χ3v) is 2.61. The molecule has 1 unspecified atom stereocenters. The van der Waals surface area contributed by atoms with Crippen molar-refractivity contribution in [2.45, 2.75) is 33.0 Å². The summed E-state index contributed by atoms with van der Waals surface area (Å²) >= 11 is 0. The van der Waals surface area contributed by atoms with Crippen LogP contribution in [0.5, 0.6) is 0 Å². The molecule has 0 spiro atoms. The number of urea groups is 1. The summed E-state index contributed by atoms with van der Waals surface area (Å²) in [7, 11) is 0. The standard InChI is InChI=1S/C12H18N6O/c1-3-17-9-11(7-14-17)16-12(19)15-10(2)8-18-6-4-5-13-18/h4-7,9-10H,3,8H2,1-2H3,(H2,15,16,19). The minimum atomic E-state index is -0.240. The maximum Gasteiger partial charge on any atom is 0.319 e. The topological polar surface area (TPSA) is 76.8 Å². The lowest BCUT2D eigenvalue weighted by Crippen LogP contribution is -2.38. The number of nitrogens with zero attached hydrogens (tertiary/aromatic N) is 4. The molecule has 0 aliphatic carbocycles. The molecule has 19 heavy (non-hydrogen) atoms. The van der Waals surface area contributed by atoms with Gasteiger partial charge < -0.3 is 10.6 Å². The molecule has 2 heterocycles. The molecule has 0 radical (unpaired) electrons. The first kappa shape index (κ1) is 13.1. The lowest BCUT2D eigenvalue weighted by molar-refractivity contribution is 0.247. The molecule has 2 aromatic heterocycles. The number of nitrogens with one attached hydrogen (secondary N) is 2. The van der Waals surface area contributed by atoms with Gasteiger partial charge in [0.15, 0.2) is 0 Å². The number of hydrogen-bond donors (Lipinski definition) is 2. The van der Waals surface area contributed by atoms with E-state index in [1.54, 1.807) is 28.0 Å². The Labute approximate surface area is 111 Å². The molecule has 0 aromatic carbocycles. The number of aryl methyl sites for hydroxylation is 1. The predicted molar refractivity (Wildman–Crippen MR) is 71.7 cm³/mol. The van der Waals surface area contributed by atoms with E-state index in [4.69, 9.17) is 0 Å². The number of hydrogen-bond acceptors (Lipinski definition) is 3. The van der Waals surface area contributed by atoms with E-state index < -0.39 is 0 Å². The van der Waals surface area contributed by atoms with Crippen LogP contribution in [0.25, 0.3) is 0 Å². The summed E-state index contributed by atoms with van der Waals surface area (Å²) in [4.78, 5) is 11.8. The summed E-state index contributed by atoms with van der Waals surface area (Å²) in [6.07, 6.45) is 6.99. The van der Waals surface area contributed by atoms with Crippen LogP contribution in [0, 0.1) is 0 Å². The highest BCUT2D eigenvalue weighted by Gasteiger charge is 2.09. The van der Waals surface area contributed by atoms with Crippen LogP contribution < -0.4 is 10.6 Å². The largest absolute Gasteiger partial charge is 0.334 e. The number of amides is 2. The van der Waals surface area contributed by atoms with E-state index in [2.05, 4.69) is 20.8 Å². The van der Waals surface area contributed by atoms with E-state index >= 15 is 0 Å². The van der Waals surface area contributed by atoms with Crippen LogP contribution in [0.15, 0.2) is 30.9 Å². The molecule has 102 valence electrons. The highest BCUT2D eigenvalue weighted by Crippen LogP contribution is 2.04. The second kappa shape index (κ2) is 6.03. The Kier molecular flexibility index (Phi) is 4.17. The molecule has 2 N–H and O–H groups in total. The second-order valence-corrected chi connectivity index (χ2v) is 4.31. The molecule has 2 amide bonds. The first-order chi connectivity index (χ1) is 9.17. The van der Waals surface area contributed by atoms with Crippen molar-refractivity contribution in [1.29, 1.82) is 0 Å². The van der Waals surface area contributed by atoms with E-state index in [1.807, 2.05) is 26.1 Å². The zero-order chi connectivity index (χ0) is 13.7. The van der Waals surface area contributed by atoms with Crippen LogP contribution in [-0.4, -0.2) is 31.6 Å². The van der Waals surface area contributed by atoms with Crippen LogP contribution >= 0.6 is 0 Å². The van der Waals surface area contributed by atoms with Crippen LogP contribution in [0.2, 0.25) is 0 Å². The second-order valence-electron chi connectivity index (χ2n) is 4.31. The van der Waals surface area contributed by atoms with Gasteiger partial charge >= 0.3 is 6.03 Å². The molecular weight excluding hydrogens is 244 g/mol. The minimum absolute atomic E-state index is 0.0129. The van der Waals surface area contributed by atoms with Crippen molar-refractivity contribution in [2.75, 3.05) is 5.32 Å². The van der Waals surface area contributed by atoms with Gasteiger partial charge in [0.2, 0.25) is 0 Å². The Bertz CT molecular complexity index is 518. The Morgan fingerprint density at radius 3 is 2.89 bits per heavy atom. The molecule has 0 aliphatic rings. The molecular formula is C12H18N6O. The number of carbonyl (C=O) groups is 1. The van der Waals surface area contributed by atoms with Crippen LogP contribution in [0.3, 0.4) is 0 Å². The quantitative estimate of drug-likeness (QED) is 0.853. The van der Waals surface area contributed by atoms with E-state index in [1.165, 1.54) is 0 Å². The molecule has 0 saturated heterocycles. The third-order valence-electron chi connectivity index (χ3n) is 2.61. The smallest absolute Gasteiger partial charge is 0.319 e. The normalized spacial score (nSPS) is 12.1. The fourth-order valence-corrected chi connectivity index (χ4v) is 1.73.